The predicted octanol–water partition coefficient (Wildman–Crippen LogP) is 1.40. The number of carbonyl (C=O) groups is 3. The lowest BCUT2D eigenvalue weighted by Gasteiger charge is -2.38. The van der Waals surface area contributed by atoms with Gasteiger partial charge in [-0.1, -0.05) is 32.9 Å². The van der Waals surface area contributed by atoms with Gasteiger partial charge in [-0.2, -0.15) is 4.98 Å². The molecule has 2 atom stereocenters. The van der Waals surface area contributed by atoms with E-state index in [4.69, 9.17) is 4.74 Å². The molecular formula is C26H34N6O5. The van der Waals surface area contributed by atoms with E-state index in [2.05, 4.69) is 36.4 Å². The van der Waals surface area contributed by atoms with Crippen LogP contribution in [0.4, 0.5) is 10.6 Å². The predicted molar refractivity (Wildman–Crippen MR) is 138 cm³/mol. The number of aromatic nitrogens is 2. The number of carbonyl (C=O) groups excluding carboxylic acids is 3. The minimum atomic E-state index is -0.801. The van der Waals surface area contributed by atoms with Gasteiger partial charge in [-0.05, 0) is 30.7 Å². The van der Waals surface area contributed by atoms with Crippen LogP contribution in [0.3, 0.4) is 0 Å². The van der Waals surface area contributed by atoms with E-state index in [-0.39, 0.29) is 29.4 Å². The topological polar surface area (TPSA) is 126 Å². The highest BCUT2D eigenvalue weighted by molar-refractivity contribution is 5.89. The van der Waals surface area contributed by atoms with Crippen LogP contribution in [0.1, 0.15) is 33.3 Å². The second-order valence-corrected chi connectivity index (χ2v) is 10.7. The summed E-state index contributed by atoms with van der Waals surface area (Å²) in [7, 11) is 0. The molecule has 0 aliphatic carbocycles. The van der Waals surface area contributed by atoms with Crippen LogP contribution in [0.25, 0.3) is 5.69 Å². The van der Waals surface area contributed by atoms with Crippen LogP contribution in [-0.4, -0.2) is 82.1 Å². The van der Waals surface area contributed by atoms with E-state index in [0.29, 0.717) is 44.9 Å². The van der Waals surface area contributed by atoms with Crippen molar-refractivity contribution in [1.82, 2.24) is 24.7 Å². The maximum absolute atomic E-state index is 13.2. The van der Waals surface area contributed by atoms with Gasteiger partial charge in [-0.3, -0.25) is 20.0 Å². The van der Waals surface area contributed by atoms with Gasteiger partial charge >= 0.3 is 11.7 Å². The van der Waals surface area contributed by atoms with E-state index >= 15 is 0 Å². The molecule has 3 amide bonds. The molecule has 2 fully saturated rings. The SMILES string of the molecule is CC(C)(C)[C@H]1N[C@](C)(C(=O)N2CCN(C(=O)Nc3ccn(-c4ccc(CC=O)cc4)c(=O)n3)CC2)CO1. The molecule has 0 spiro atoms. The van der Waals surface area contributed by atoms with Crippen molar-refractivity contribution in [2.45, 2.75) is 45.9 Å². The minimum Gasteiger partial charge on any atom is -0.360 e. The monoisotopic (exact) mass is 510 g/mol. The third-order valence-corrected chi connectivity index (χ3v) is 6.67. The molecule has 198 valence electrons. The molecule has 11 heteroatoms. The lowest BCUT2D eigenvalue weighted by atomic mass is 9.93. The van der Waals surface area contributed by atoms with Crippen LogP contribution in [0.15, 0.2) is 41.3 Å². The van der Waals surface area contributed by atoms with Crippen molar-refractivity contribution < 1.29 is 19.1 Å². The number of ether oxygens (including phenoxy) is 1. The largest absolute Gasteiger partial charge is 0.360 e. The van der Waals surface area contributed by atoms with Crippen molar-refractivity contribution >= 4 is 24.0 Å². The third-order valence-electron chi connectivity index (χ3n) is 6.67. The summed E-state index contributed by atoms with van der Waals surface area (Å²) < 4.78 is 7.21. The summed E-state index contributed by atoms with van der Waals surface area (Å²) in [5.74, 6) is 0.110. The fourth-order valence-corrected chi connectivity index (χ4v) is 4.42. The van der Waals surface area contributed by atoms with Gasteiger partial charge in [-0.25, -0.2) is 9.59 Å². The molecule has 0 unspecified atom stereocenters. The van der Waals surface area contributed by atoms with E-state index in [1.165, 1.54) is 4.57 Å². The molecule has 37 heavy (non-hydrogen) atoms. The van der Waals surface area contributed by atoms with Gasteiger partial charge < -0.3 is 19.3 Å². The molecule has 1 aromatic heterocycles. The summed E-state index contributed by atoms with van der Waals surface area (Å²) >= 11 is 0. The standard InChI is InChI=1S/C26H34N6O5/c1-25(2,3)21-29-26(4,17-37-21)22(34)30-12-14-31(15-13-30)23(35)27-20-9-11-32(24(36)28-20)19-7-5-18(6-8-19)10-16-33/h5-9,11,16,21,29H,10,12-15,17H2,1-4H3,(H,27,28,35,36)/t21-,26-/m0/s1. The number of anilines is 1. The fraction of sp³-hybridized carbons (Fsp3) is 0.500. The van der Waals surface area contributed by atoms with Crippen LogP contribution >= 0.6 is 0 Å². The first-order chi connectivity index (χ1) is 17.5. The van der Waals surface area contributed by atoms with Crippen LogP contribution in [0.2, 0.25) is 0 Å². The van der Waals surface area contributed by atoms with E-state index in [1.807, 2.05) is 6.92 Å². The Morgan fingerprint density at radius 1 is 1.14 bits per heavy atom. The van der Waals surface area contributed by atoms with Crippen molar-refractivity contribution in [2.75, 3.05) is 38.1 Å². The van der Waals surface area contributed by atoms with Crippen LogP contribution in [0.5, 0.6) is 0 Å². The lowest BCUT2D eigenvalue weighted by Crippen LogP contribution is -2.61. The number of urea groups is 1. The zero-order valence-corrected chi connectivity index (χ0v) is 21.7. The summed E-state index contributed by atoms with van der Waals surface area (Å²) in [6.45, 7) is 9.86. The molecular weight excluding hydrogens is 476 g/mol. The zero-order chi connectivity index (χ0) is 26.8. The fourth-order valence-electron chi connectivity index (χ4n) is 4.42. The van der Waals surface area contributed by atoms with E-state index in [0.717, 1.165) is 11.8 Å². The van der Waals surface area contributed by atoms with E-state index in [9.17, 15) is 19.2 Å². The smallest absolute Gasteiger partial charge is 0.354 e. The normalized spacial score (nSPS) is 22.1. The maximum Gasteiger partial charge on any atom is 0.354 e. The number of amides is 3. The maximum atomic E-state index is 13.2. The first-order valence-corrected chi connectivity index (χ1v) is 12.4. The number of hydrogen-bond donors (Lipinski definition) is 2. The molecule has 3 heterocycles. The summed E-state index contributed by atoms with van der Waals surface area (Å²) in [5, 5.41) is 6.01. The molecule has 2 N–H and O–H groups in total. The number of hydrogen-bond acceptors (Lipinski definition) is 7. The summed E-state index contributed by atoms with van der Waals surface area (Å²) in [5.41, 5.74) is -0.0163. The molecule has 0 bridgehead atoms. The van der Waals surface area contributed by atoms with Gasteiger partial charge in [0.25, 0.3) is 0 Å². The van der Waals surface area contributed by atoms with Crippen LogP contribution in [-0.2, 0) is 20.7 Å². The van der Waals surface area contributed by atoms with E-state index < -0.39 is 11.2 Å². The van der Waals surface area contributed by atoms with Crippen molar-refractivity contribution in [3.8, 4) is 5.69 Å². The Balaban J connectivity index is 1.32. The molecule has 4 rings (SSSR count). The second kappa shape index (κ2) is 10.4. The van der Waals surface area contributed by atoms with Crippen LogP contribution in [0, 0.1) is 5.41 Å². The highest BCUT2D eigenvalue weighted by Gasteiger charge is 2.47. The van der Waals surface area contributed by atoms with Gasteiger partial charge in [0.15, 0.2) is 0 Å². The van der Waals surface area contributed by atoms with Gasteiger partial charge in [-0.15, -0.1) is 0 Å². The Labute approximate surface area is 215 Å². The van der Waals surface area contributed by atoms with Crippen molar-refractivity contribution in [1.29, 1.82) is 0 Å². The molecule has 2 aliphatic heterocycles. The number of rotatable bonds is 5. The average molecular weight is 511 g/mol. The summed E-state index contributed by atoms with van der Waals surface area (Å²) in [6.07, 6.45) is 2.46. The molecule has 0 saturated carbocycles. The van der Waals surface area contributed by atoms with Crippen LogP contribution < -0.4 is 16.3 Å². The minimum absolute atomic E-state index is 0.0382. The third kappa shape index (κ3) is 5.89. The number of aldehydes is 1. The number of benzene rings is 1. The number of nitrogens with zero attached hydrogens (tertiary/aromatic N) is 4. The van der Waals surface area contributed by atoms with Crippen molar-refractivity contribution in [3.63, 3.8) is 0 Å². The van der Waals surface area contributed by atoms with E-state index in [1.54, 1.807) is 46.3 Å². The highest BCUT2D eigenvalue weighted by atomic mass is 16.5. The Kier molecular flexibility index (Phi) is 7.47. The second-order valence-electron chi connectivity index (χ2n) is 10.7. The quantitative estimate of drug-likeness (QED) is 0.583. The van der Waals surface area contributed by atoms with Gasteiger partial charge in [0.2, 0.25) is 5.91 Å². The molecule has 2 aromatic rings. The molecule has 2 saturated heterocycles. The first-order valence-electron chi connectivity index (χ1n) is 12.4. The molecule has 11 nitrogen and oxygen atoms in total. The van der Waals surface area contributed by atoms with Gasteiger partial charge in [0, 0.05) is 44.2 Å². The molecule has 0 radical (unpaired) electrons. The Bertz CT molecular complexity index is 1210. The Morgan fingerprint density at radius 2 is 1.78 bits per heavy atom. The first kappa shape index (κ1) is 26.5. The number of piperazine rings is 1. The molecule has 2 aliphatic rings. The van der Waals surface area contributed by atoms with Crippen molar-refractivity contribution in [3.05, 3.63) is 52.6 Å². The zero-order valence-electron chi connectivity index (χ0n) is 21.7. The van der Waals surface area contributed by atoms with Gasteiger partial charge in [0.05, 0.1) is 12.3 Å². The summed E-state index contributed by atoms with van der Waals surface area (Å²) in [4.78, 5) is 56.5. The van der Waals surface area contributed by atoms with Gasteiger partial charge in [0.1, 0.15) is 23.9 Å². The highest BCUT2D eigenvalue weighted by Crippen LogP contribution is 2.29. The molecule has 1 aromatic carbocycles. The number of nitrogens with one attached hydrogen (secondary N) is 2. The Morgan fingerprint density at radius 3 is 2.35 bits per heavy atom. The Hall–Kier alpha value is -3.57. The van der Waals surface area contributed by atoms with Crippen molar-refractivity contribution in [2.24, 2.45) is 5.41 Å². The lowest BCUT2D eigenvalue weighted by molar-refractivity contribution is -0.138. The average Bonchev–Trinajstić information content (AvgIpc) is 3.29. The summed E-state index contributed by atoms with van der Waals surface area (Å²) in [6, 6.07) is 8.19.